The summed E-state index contributed by atoms with van der Waals surface area (Å²) in [5.74, 6) is -0.373. The van der Waals surface area contributed by atoms with Crippen molar-refractivity contribution >= 4 is 17.4 Å². The van der Waals surface area contributed by atoms with Crippen molar-refractivity contribution < 1.29 is 18.8 Å². The van der Waals surface area contributed by atoms with E-state index in [4.69, 9.17) is 4.74 Å². The molecule has 0 saturated carbocycles. The first-order chi connectivity index (χ1) is 11.9. The van der Waals surface area contributed by atoms with Crippen LogP contribution in [0.3, 0.4) is 0 Å². The normalized spacial score (nSPS) is 12.9. The first-order valence-electron chi connectivity index (χ1n) is 7.36. The maximum Gasteiger partial charge on any atom is 0.319 e. The average molecular weight is 348 g/mol. The highest BCUT2D eigenvalue weighted by atomic mass is 19.1. The molecular weight excluding hydrogens is 331 g/mol. The van der Waals surface area contributed by atoms with Crippen LogP contribution in [-0.2, 0) is 4.74 Å². The van der Waals surface area contributed by atoms with Gasteiger partial charge in [0.25, 0.3) is 0 Å². The summed E-state index contributed by atoms with van der Waals surface area (Å²) in [5.41, 5.74) is 0.402. The number of halogens is 1. The number of nitrogens with one attached hydrogen (secondary N) is 2. The van der Waals surface area contributed by atoms with E-state index >= 15 is 0 Å². The fraction of sp³-hybridized carbons (Fsp3) is 0.250. The zero-order valence-electron chi connectivity index (χ0n) is 13.6. The van der Waals surface area contributed by atoms with Crippen LogP contribution in [0.5, 0.6) is 0 Å². The van der Waals surface area contributed by atoms with Crippen LogP contribution in [0.25, 0.3) is 0 Å². The molecule has 1 heterocycles. The summed E-state index contributed by atoms with van der Waals surface area (Å²) in [7, 11) is 1.47. The third-order valence-electron chi connectivity index (χ3n) is 3.51. The van der Waals surface area contributed by atoms with Crippen molar-refractivity contribution in [1.82, 2.24) is 10.3 Å². The van der Waals surface area contributed by atoms with E-state index < -0.39 is 23.1 Å². The predicted molar refractivity (Wildman–Crippen MR) is 88.7 cm³/mol. The molecular formula is C16H17FN4O4. The Balaban J connectivity index is 2.06. The fourth-order valence-electron chi connectivity index (χ4n) is 2.36. The Morgan fingerprint density at radius 3 is 2.60 bits per heavy atom. The third kappa shape index (κ3) is 4.70. The molecule has 2 aromatic rings. The third-order valence-corrected chi connectivity index (χ3v) is 3.51. The molecule has 0 bridgehead atoms. The second-order valence-corrected chi connectivity index (χ2v) is 5.24. The first-order valence-corrected chi connectivity index (χ1v) is 7.36. The van der Waals surface area contributed by atoms with Crippen LogP contribution in [0, 0.1) is 15.9 Å². The predicted octanol–water partition coefficient (Wildman–Crippen LogP) is 3.03. The number of pyridine rings is 1. The highest BCUT2D eigenvalue weighted by Crippen LogP contribution is 2.23. The number of rotatable bonds is 6. The molecule has 0 radical (unpaired) electrons. The van der Waals surface area contributed by atoms with Crippen LogP contribution in [0.1, 0.15) is 18.6 Å². The van der Waals surface area contributed by atoms with Gasteiger partial charge < -0.3 is 15.4 Å². The molecule has 9 heteroatoms. The van der Waals surface area contributed by atoms with Gasteiger partial charge in [-0.05, 0) is 30.7 Å². The minimum absolute atomic E-state index is 0.0282. The van der Waals surface area contributed by atoms with Crippen molar-refractivity contribution in [1.29, 1.82) is 0 Å². The van der Waals surface area contributed by atoms with Crippen molar-refractivity contribution in [3.63, 3.8) is 0 Å². The molecule has 8 nitrogen and oxygen atoms in total. The van der Waals surface area contributed by atoms with Gasteiger partial charge in [0.05, 0.1) is 11.0 Å². The summed E-state index contributed by atoms with van der Waals surface area (Å²) in [4.78, 5) is 26.1. The molecule has 2 atom stereocenters. The van der Waals surface area contributed by atoms with Gasteiger partial charge in [0.1, 0.15) is 23.8 Å². The Kier molecular flexibility index (Phi) is 5.96. The van der Waals surface area contributed by atoms with Crippen LogP contribution >= 0.6 is 0 Å². The van der Waals surface area contributed by atoms with E-state index in [-0.39, 0.29) is 17.2 Å². The summed E-state index contributed by atoms with van der Waals surface area (Å²) >= 11 is 0. The monoisotopic (exact) mass is 348 g/mol. The Labute approximate surface area is 143 Å². The zero-order valence-corrected chi connectivity index (χ0v) is 13.6. The van der Waals surface area contributed by atoms with Gasteiger partial charge in [0, 0.05) is 13.3 Å². The number of anilines is 1. The van der Waals surface area contributed by atoms with Crippen LogP contribution in [0.15, 0.2) is 42.7 Å². The lowest BCUT2D eigenvalue weighted by Crippen LogP contribution is -2.40. The average Bonchev–Trinajstić information content (AvgIpc) is 2.57. The summed E-state index contributed by atoms with van der Waals surface area (Å²) in [6, 6.07) is 5.95. The molecule has 1 aromatic carbocycles. The molecule has 0 fully saturated rings. The molecule has 2 N–H and O–H groups in total. The van der Waals surface area contributed by atoms with Gasteiger partial charge >= 0.3 is 11.7 Å². The maximum atomic E-state index is 13.0. The Morgan fingerprint density at radius 1 is 1.32 bits per heavy atom. The number of ether oxygens (including phenoxy) is 1. The van der Waals surface area contributed by atoms with E-state index in [2.05, 4.69) is 15.6 Å². The smallest absolute Gasteiger partial charge is 0.319 e. The Hall–Kier alpha value is -3.07. The molecule has 132 valence electrons. The second-order valence-electron chi connectivity index (χ2n) is 5.24. The number of carbonyl (C=O) groups excluding carboxylic acids is 1. The minimum atomic E-state index is -0.636. The van der Waals surface area contributed by atoms with E-state index in [0.717, 1.165) is 6.20 Å². The zero-order chi connectivity index (χ0) is 18.4. The van der Waals surface area contributed by atoms with Crippen LogP contribution in [0.4, 0.5) is 20.6 Å². The van der Waals surface area contributed by atoms with Crippen LogP contribution < -0.4 is 10.6 Å². The quantitative estimate of drug-likeness (QED) is 0.616. The summed E-state index contributed by atoms with van der Waals surface area (Å²) in [5, 5.41) is 16.0. The number of methoxy groups -OCH3 is 1. The molecule has 25 heavy (non-hydrogen) atoms. The summed E-state index contributed by atoms with van der Waals surface area (Å²) in [6.45, 7) is 1.71. The molecule has 0 aliphatic rings. The Bertz CT molecular complexity index is 754. The van der Waals surface area contributed by atoms with Crippen LogP contribution in [-0.4, -0.2) is 29.1 Å². The van der Waals surface area contributed by atoms with Gasteiger partial charge in [-0.25, -0.2) is 9.18 Å². The number of hydrogen-bond acceptors (Lipinski definition) is 5. The van der Waals surface area contributed by atoms with Gasteiger partial charge in [-0.2, -0.15) is 0 Å². The minimum Gasteiger partial charge on any atom is -0.375 e. The highest BCUT2D eigenvalue weighted by molar-refractivity contribution is 5.91. The number of aromatic nitrogens is 1. The number of benzene rings is 1. The highest BCUT2D eigenvalue weighted by Gasteiger charge is 2.22. The van der Waals surface area contributed by atoms with Crippen LogP contribution in [0.2, 0.25) is 0 Å². The maximum absolute atomic E-state index is 13.0. The topological polar surface area (TPSA) is 106 Å². The summed E-state index contributed by atoms with van der Waals surface area (Å²) in [6.07, 6.45) is 1.87. The fourth-order valence-corrected chi connectivity index (χ4v) is 2.36. The largest absolute Gasteiger partial charge is 0.375 e. The van der Waals surface area contributed by atoms with Crippen molar-refractivity contribution in [3.8, 4) is 0 Å². The van der Waals surface area contributed by atoms with Gasteiger partial charge in [0.2, 0.25) is 0 Å². The van der Waals surface area contributed by atoms with Crippen molar-refractivity contribution in [2.24, 2.45) is 0 Å². The van der Waals surface area contributed by atoms with Crippen molar-refractivity contribution in [2.75, 3.05) is 12.4 Å². The van der Waals surface area contributed by atoms with Gasteiger partial charge in [-0.15, -0.1) is 0 Å². The molecule has 0 saturated heterocycles. The molecule has 2 amide bonds. The van der Waals surface area contributed by atoms with Crippen molar-refractivity contribution in [2.45, 2.75) is 19.1 Å². The van der Waals surface area contributed by atoms with Crippen molar-refractivity contribution in [3.05, 3.63) is 64.2 Å². The lowest BCUT2D eigenvalue weighted by Gasteiger charge is -2.24. The van der Waals surface area contributed by atoms with Gasteiger partial charge in [-0.1, -0.05) is 12.1 Å². The molecule has 0 aliphatic heterocycles. The lowest BCUT2D eigenvalue weighted by molar-refractivity contribution is -0.384. The number of nitro groups is 1. The number of nitrogens with zero attached hydrogens (tertiary/aromatic N) is 2. The molecule has 0 aliphatic carbocycles. The molecule has 2 rings (SSSR count). The first kappa shape index (κ1) is 18.3. The Morgan fingerprint density at radius 2 is 2.00 bits per heavy atom. The van der Waals surface area contributed by atoms with E-state index in [1.54, 1.807) is 19.1 Å². The number of carbonyl (C=O) groups is 1. The standard InChI is InChI=1S/C16H17FN4O4/c1-10(15(25-2)11-3-5-12(17)6-4-11)19-16(22)20-13-7-8-18-9-14(13)21(23)24/h3-10,15H,1-2H3,(H2,18,19,20,22)/t10-,15+/m0/s1. The van der Waals surface area contributed by atoms with Gasteiger partial charge in [0.15, 0.2) is 0 Å². The van der Waals surface area contributed by atoms with E-state index in [0.29, 0.717) is 5.56 Å². The van der Waals surface area contributed by atoms with Gasteiger partial charge in [-0.3, -0.25) is 15.1 Å². The van der Waals surface area contributed by atoms with E-state index in [9.17, 15) is 19.3 Å². The lowest BCUT2D eigenvalue weighted by atomic mass is 10.0. The van der Waals surface area contributed by atoms with E-state index in [1.807, 2.05) is 0 Å². The van der Waals surface area contributed by atoms with E-state index in [1.165, 1.54) is 31.5 Å². The number of hydrogen-bond donors (Lipinski definition) is 2. The number of urea groups is 1. The molecule has 1 aromatic heterocycles. The SMILES string of the molecule is CO[C@@H](c1ccc(F)cc1)[C@H](C)NC(=O)Nc1ccncc1[N+](=O)[O-]. The second kappa shape index (κ2) is 8.15. The number of amides is 2. The molecule has 0 spiro atoms. The molecule has 0 unspecified atom stereocenters. The summed E-state index contributed by atoms with van der Waals surface area (Å²) < 4.78 is 18.4.